The summed E-state index contributed by atoms with van der Waals surface area (Å²) in [6.07, 6.45) is 4.06. The first kappa shape index (κ1) is 11.0. The summed E-state index contributed by atoms with van der Waals surface area (Å²) in [5.74, 6) is 0.725. The van der Waals surface area contributed by atoms with Crippen LogP contribution in [0.3, 0.4) is 0 Å². The van der Waals surface area contributed by atoms with Gasteiger partial charge in [0.15, 0.2) is 0 Å². The zero-order valence-corrected chi connectivity index (χ0v) is 9.46. The Bertz CT molecular complexity index is 294. The van der Waals surface area contributed by atoms with Crippen LogP contribution in [0, 0.1) is 6.92 Å². The van der Waals surface area contributed by atoms with Crippen molar-refractivity contribution in [3.8, 4) is 0 Å². The van der Waals surface area contributed by atoms with Crippen LogP contribution in [0.2, 0.25) is 0 Å². The van der Waals surface area contributed by atoms with E-state index in [4.69, 9.17) is 0 Å². The Balaban J connectivity index is 2.68. The van der Waals surface area contributed by atoms with Crippen molar-refractivity contribution in [3.05, 3.63) is 18.0 Å². The van der Waals surface area contributed by atoms with E-state index in [2.05, 4.69) is 36.1 Å². The van der Waals surface area contributed by atoms with Crippen LogP contribution in [0.25, 0.3) is 0 Å². The summed E-state index contributed by atoms with van der Waals surface area (Å²) in [5.41, 5.74) is 1.07. The minimum atomic E-state index is 0.0720. The lowest BCUT2D eigenvalue weighted by Gasteiger charge is -2.25. The van der Waals surface area contributed by atoms with Crippen LogP contribution >= 0.6 is 0 Å². The highest BCUT2D eigenvalue weighted by Gasteiger charge is 2.16. The third-order valence-corrected chi connectivity index (χ3v) is 2.12. The van der Waals surface area contributed by atoms with Crippen molar-refractivity contribution in [2.24, 2.45) is 0 Å². The number of aryl methyl sites for hydroxylation is 1. The molecule has 1 heterocycles. The molecule has 0 saturated carbocycles. The SMILES string of the molecule is CCCC(C)(C)Nc1nccc(C)n1. The molecule has 0 aliphatic carbocycles. The highest BCUT2D eigenvalue weighted by atomic mass is 15.1. The molecule has 0 amide bonds. The predicted octanol–water partition coefficient (Wildman–Crippen LogP) is 2.78. The lowest BCUT2D eigenvalue weighted by Crippen LogP contribution is -2.31. The molecule has 0 atom stereocenters. The highest BCUT2D eigenvalue weighted by Crippen LogP contribution is 2.16. The Hall–Kier alpha value is -1.12. The molecule has 0 fully saturated rings. The zero-order valence-electron chi connectivity index (χ0n) is 9.46. The van der Waals surface area contributed by atoms with Crippen LogP contribution < -0.4 is 5.32 Å². The lowest BCUT2D eigenvalue weighted by atomic mass is 9.99. The quantitative estimate of drug-likeness (QED) is 0.799. The standard InChI is InChI=1S/C11H19N3/c1-5-7-11(3,4)14-10-12-8-6-9(2)13-10/h6,8H,5,7H2,1-4H3,(H,12,13,14). The maximum absolute atomic E-state index is 4.32. The monoisotopic (exact) mass is 193 g/mol. The third-order valence-electron chi connectivity index (χ3n) is 2.12. The van der Waals surface area contributed by atoms with Gasteiger partial charge in [-0.05, 0) is 33.3 Å². The molecule has 3 nitrogen and oxygen atoms in total. The minimum Gasteiger partial charge on any atom is -0.349 e. The second-order valence-corrected chi connectivity index (χ2v) is 4.28. The summed E-state index contributed by atoms with van der Waals surface area (Å²) in [6.45, 7) is 8.49. The number of anilines is 1. The molecule has 0 aliphatic heterocycles. The highest BCUT2D eigenvalue weighted by molar-refractivity contribution is 5.28. The van der Waals surface area contributed by atoms with Crippen molar-refractivity contribution in [2.75, 3.05) is 5.32 Å². The molecule has 3 heteroatoms. The van der Waals surface area contributed by atoms with E-state index in [1.807, 2.05) is 13.0 Å². The average Bonchev–Trinajstić information content (AvgIpc) is 2.02. The third kappa shape index (κ3) is 3.32. The molecular formula is C11H19N3. The van der Waals surface area contributed by atoms with Crippen LogP contribution in [-0.4, -0.2) is 15.5 Å². The van der Waals surface area contributed by atoms with Crippen molar-refractivity contribution < 1.29 is 0 Å². The summed E-state index contributed by atoms with van der Waals surface area (Å²) in [6, 6.07) is 1.90. The molecule has 0 spiro atoms. The molecule has 0 saturated heterocycles. The summed E-state index contributed by atoms with van der Waals surface area (Å²) < 4.78 is 0. The molecule has 14 heavy (non-hydrogen) atoms. The van der Waals surface area contributed by atoms with Crippen molar-refractivity contribution in [3.63, 3.8) is 0 Å². The fourth-order valence-electron chi connectivity index (χ4n) is 1.50. The minimum absolute atomic E-state index is 0.0720. The van der Waals surface area contributed by atoms with Gasteiger partial charge < -0.3 is 5.32 Å². The fraction of sp³-hybridized carbons (Fsp3) is 0.636. The van der Waals surface area contributed by atoms with E-state index < -0.39 is 0 Å². The van der Waals surface area contributed by atoms with Gasteiger partial charge in [-0.15, -0.1) is 0 Å². The maximum atomic E-state index is 4.32. The first-order valence-corrected chi connectivity index (χ1v) is 5.11. The molecule has 1 aromatic heterocycles. The Kier molecular flexibility index (Phi) is 3.44. The van der Waals surface area contributed by atoms with Crippen LogP contribution in [0.4, 0.5) is 5.95 Å². The van der Waals surface area contributed by atoms with E-state index in [1.54, 1.807) is 6.20 Å². The van der Waals surface area contributed by atoms with Crippen molar-refractivity contribution >= 4 is 5.95 Å². The van der Waals surface area contributed by atoms with Crippen LogP contribution in [0.15, 0.2) is 12.3 Å². The van der Waals surface area contributed by atoms with Crippen LogP contribution in [0.5, 0.6) is 0 Å². The van der Waals surface area contributed by atoms with Gasteiger partial charge in [-0.3, -0.25) is 0 Å². The van der Waals surface area contributed by atoms with Crippen molar-refractivity contribution in [1.29, 1.82) is 0 Å². The zero-order chi connectivity index (χ0) is 10.6. The van der Waals surface area contributed by atoms with Gasteiger partial charge in [-0.2, -0.15) is 0 Å². The second kappa shape index (κ2) is 4.40. The average molecular weight is 193 g/mol. The number of aromatic nitrogens is 2. The summed E-state index contributed by atoms with van der Waals surface area (Å²) in [4.78, 5) is 8.50. The first-order chi connectivity index (χ1) is 6.53. The number of nitrogens with one attached hydrogen (secondary N) is 1. The maximum Gasteiger partial charge on any atom is 0.223 e. The normalized spacial score (nSPS) is 11.4. The Morgan fingerprint density at radius 1 is 1.43 bits per heavy atom. The van der Waals surface area contributed by atoms with E-state index in [9.17, 15) is 0 Å². The number of hydrogen-bond donors (Lipinski definition) is 1. The van der Waals surface area contributed by atoms with Gasteiger partial charge in [-0.25, -0.2) is 9.97 Å². The largest absolute Gasteiger partial charge is 0.349 e. The molecule has 1 N–H and O–H groups in total. The summed E-state index contributed by atoms with van der Waals surface area (Å²) in [7, 11) is 0. The van der Waals surface area contributed by atoms with Gasteiger partial charge in [-0.1, -0.05) is 13.3 Å². The lowest BCUT2D eigenvalue weighted by molar-refractivity contribution is 0.506. The molecule has 0 radical (unpaired) electrons. The summed E-state index contributed by atoms with van der Waals surface area (Å²) >= 11 is 0. The molecule has 0 bridgehead atoms. The smallest absolute Gasteiger partial charge is 0.223 e. The molecule has 78 valence electrons. The van der Waals surface area contributed by atoms with E-state index in [0.29, 0.717) is 0 Å². The van der Waals surface area contributed by atoms with E-state index in [-0.39, 0.29) is 5.54 Å². The Labute approximate surface area is 86.0 Å². The molecule has 0 aromatic carbocycles. The molecule has 1 aromatic rings. The van der Waals surface area contributed by atoms with Gasteiger partial charge in [0.05, 0.1) is 0 Å². The Morgan fingerprint density at radius 2 is 2.14 bits per heavy atom. The van der Waals surface area contributed by atoms with E-state index >= 15 is 0 Å². The molecular weight excluding hydrogens is 174 g/mol. The topological polar surface area (TPSA) is 37.8 Å². The van der Waals surface area contributed by atoms with Crippen molar-refractivity contribution in [1.82, 2.24) is 9.97 Å². The molecule has 0 unspecified atom stereocenters. The van der Waals surface area contributed by atoms with E-state index in [1.165, 1.54) is 0 Å². The van der Waals surface area contributed by atoms with Gasteiger partial charge in [0, 0.05) is 17.4 Å². The molecule has 0 aliphatic rings. The summed E-state index contributed by atoms with van der Waals surface area (Å²) in [5, 5.41) is 3.34. The Morgan fingerprint density at radius 3 is 2.71 bits per heavy atom. The number of hydrogen-bond acceptors (Lipinski definition) is 3. The van der Waals surface area contributed by atoms with E-state index in [0.717, 1.165) is 24.5 Å². The van der Waals surface area contributed by atoms with Gasteiger partial charge in [0.2, 0.25) is 5.95 Å². The first-order valence-electron chi connectivity index (χ1n) is 5.11. The predicted molar refractivity (Wildman–Crippen MR) is 59.4 cm³/mol. The van der Waals surface area contributed by atoms with Gasteiger partial charge in [0.1, 0.15) is 0 Å². The fourth-order valence-corrected chi connectivity index (χ4v) is 1.50. The van der Waals surface area contributed by atoms with Crippen molar-refractivity contribution in [2.45, 2.75) is 46.1 Å². The van der Waals surface area contributed by atoms with Crippen LogP contribution in [0.1, 0.15) is 39.3 Å². The second-order valence-electron chi connectivity index (χ2n) is 4.28. The van der Waals surface area contributed by atoms with Gasteiger partial charge >= 0.3 is 0 Å². The number of nitrogens with zero attached hydrogens (tertiary/aromatic N) is 2. The molecule has 1 rings (SSSR count). The van der Waals surface area contributed by atoms with Gasteiger partial charge in [0.25, 0.3) is 0 Å². The van der Waals surface area contributed by atoms with Crippen LogP contribution in [-0.2, 0) is 0 Å². The number of rotatable bonds is 4.